The molecule has 4 aromatic carbocycles. The molecule has 224 valence electrons. The van der Waals surface area contributed by atoms with E-state index in [4.69, 9.17) is 4.74 Å². The van der Waals surface area contributed by atoms with Crippen molar-refractivity contribution in [2.45, 2.75) is 19.1 Å². The molecule has 5 aromatic rings. The molecule has 11 heteroatoms. The molecule has 1 atom stereocenters. The van der Waals surface area contributed by atoms with Crippen molar-refractivity contribution in [3.63, 3.8) is 0 Å². The fourth-order valence-corrected chi connectivity index (χ4v) is 5.30. The number of carbonyl (C=O) groups excluding carboxylic acids is 2. The van der Waals surface area contributed by atoms with Crippen molar-refractivity contribution < 1.29 is 23.1 Å². The van der Waals surface area contributed by atoms with Gasteiger partial charge >= 0.3 is 0 Å². The molecule has 0 bridgehead atoms. The second kappa shape index (κ2) is 13.0. The average Bonchev–Trinajstić information content (AvgIpc) is 3.45. The molecule has 9 nitrogen and oxygen atoms in total. The Labute approximate surface area is 252 Å². The lowest BCUT2D eigenvalue weighted by Gasteiger charge is -2.32. The molecule has 1 aliphatic rings. The summed E-state index contributed by atoms with van der Waals surface area (Å²) in [5.74, 6) is -1.97. The van der Waals surface area contributed by atoms with Crippen LogP contribution in [0.15, 0.2) is 97.1 Å². The van der Waals surface area contributed by atoms with E-state index in [9.17, 15) is 18.4 Å². The van der Waals surface area contributed by atoms with Crippen molar-refractivity contribution in [2.75, 3.05) is 36.5 Å². The monoisotopic (exact) mass is 596 g/mol. The number of halogens is 2. The van der Waals surface area contributed by atoms with Crippen LogP contribution in [0.1, 0.15) is 17.2 Å². The van der Waals surface area contributed by atoms with E-state index in [2.05, 4.69) is 20.5 Å². The minimum Gasteiger partial charge on any atom is -0.378 e. The highest BCUT2D eigenvalue weighted by Crippen LogP contribution is 2.28. The van der Waals surface area contributed by atoms with Gasteiger partial charge in [-0.05, 0) is 71.8 Å². The van der Waals surface area contributed by atoms with E-state index in [1.807, 2.05) is 24.3 Å². The van der Waals surface area contributed by atoms with Crippen LogP contribution in [0.5, 0.6) is 0 Å². The van der Waals surface area contributed by atoms with E-state index in [1.54, 1.807) is 42.5 Å². The maximum atomic E-state index is 14.5. The summed E-state index contributed by atoms with van der Waals surface area (Å²) in [6.07, 6.45) is 0. The zero-order valence-corrected chi connectivity index (χ0v) is 23.8. The number of nitrogens with one attached hydrogen (secondary N) is 1. The Morgan fingerprint density at radius 2 is 1.64 bits per heavy atom. The zero-order valence-electron chi connectivity index (χ0n) is 23.8. The molecule has 6 rings (SSSR count). The Hall–Kier alpha value is -5.16. The number of anilines is 2. The van der Waals surface area contributed by atoms with Gasteiger partial charge < -0.3 is 19.9 Å². The van der Waals surface area contributed by atoms with Crippen LogP contribution >= 0.6 is 0 Å². The summed E-state index contributed by atoms with van der Waals surface area (Å²) in [4.78, 5) is 31.7. The molecule has 0 unspecified atom stereocenters. The van der Waals surface area contributed by atoms with Gasteiger partial charge in [-0.3, -0.25) is 9.59 Å². The molecule has 2 amide bonds. The second-order valence-corrected chi connectivity index (χ2v) is 10.5. The minimum atomic E-state index is -1.23. The van der Waals surface area contributed by atoms with E-state index in [0.717, 1.165) is 18.8 Å². The number of morpholine rings is 1. The van der Waals surface area contributed by atoms with Crippen molar-refractivity contribution in [3.05, 3.63) is 120 Å². The summed E-state index contributed by atoms with van der Waals surface area (Å²) >= 11 is 0. The van der Waals surface area contributed by atoms with Gasteiger partial charge in [0.2, 0.25) is 5.91 Å². The molecule has 0 aliphatic carbocycles. The molecule has 44 heavy (non-hydrogen) atoms. The highest BCUT2D eigenvalue weighted by Gasteiger charge is 2.33. The van der Waals surface area contributed by atoms with Crippen LogP contribution in [-0.4, -0.2) is 58.0 Å². The van der Waals surface area contributed by atoms with Crippen molar-refractivity contribution in [1.29, 1.82) is 0 Å². The van der Waals surface area contributed by atoms with Crippen LogP contribution in [0.4, 0.5) is 20.2 Å². The molecular formula is C33H30F2N6O3. The van der Waals surface area contributed by atoms with Crippen LogP contribution in [0.25, 0.3) is 11.0 Å². The topological polar surface area (TPSA) is 92.6 Å². The first kappa shape index (κ1) is 28.9. The Kier molecular flexibility index (Phi) is 8.55. The predicted octanol–water partition coefficient (Wildman–Crippen LogP) is 4.95. The van der Waals surface area contributed by atoms with Crippen molar-refractivity contribution in [3.8, 4) is 0 Å². The average molecular weight is 597 g/mol. The predicted molar refractivity (Wildman–Crippen MR) is 162 cm³/mol. The van der Waals surface area contributed by atoms with Crippen LogP contribution in [0, 0.1) is 11.6 Å². The maximum absolute atomic E-state index is 14.5. The van der Waals surface area contributed by atoms with Crippen molar-refractivity contribution >= 4 is 34.2 Å². The summed E-state index contributed by atoms with van der Waals surface area (Å²) in [6, 6.07) is 24.7. The standard InChI is InChI=1S/C33H30F2N6O3/c34-25-10-8-23(9-11-25)21-40(31(42)22-41-30-7-2-1-6-29(30)37-38-41)32(24-4-3-5-26(35)20-24)33(43)36-27-12-14-28(15-13-27)39-16-18-44-19-17-39/h1-15,20,32H,16-19,21-22H2,(H,36,43)/t32-/m0/s1. The number of benzene rings is 4. The Balaban J connectivity index is 1.33. The van der Waals surface area contributed by atoms with Gasteiger partial charge in [-0.25, -0.2) is 13.5 Å². The molecule has 1 saturated heterocycles. The third-order valence-electron chi connectivity index (χ3n) is 7.53. The smallest absolute Gasteiger partial charge is 0.251 e. The number of hydrogen-bond acceptors (Lipinski definition) is 6. The van der Waals surface area contributed by atoms with Crippen LogP contribution < -0.4 is 10.2 Å². The van der Waals surface area contributed by atoms with E-state index >= 15 is 0 Å². The molecule has 1 N–H and O–H groups in total. The molecule has 0 spiro atoms. The number of aromatic nitrogens is 3. The quantitative estimate of drug-likeness (QED) is 0.259. The lowest BCUT2D eigenvalue weighted by atomic mass is 10.0. The Morgan fingerprint density at radius 1 is 0.886 bits per heavy atom. The Bertz CT molecular complexity index is 1750. The number of amides is 2. The van der Waals surface area contributed by atoms with Gasteiger partial charge in [-0.2, -0.15) is 0 Å². The third-order valence-corrected chi connectivity index (χ3v) is 7.53. The molecule has 2 heterocycles. The van der Waals surface area contributed by atoms with Gasteiger partial charge in [-0.1, -0.05) is 41.6 Å². The second-order valence-electron chi connectivity index (χ2n) is 10.5. The summed E-state index contributed by atoms with van der Waals surface area (Å²) in [7, 11) is 0. The van der Waals surface area contributed by atoms with Crippen LogP contribution in [-0.2, 0) is 27.4 Å². The summed E-state index contributed by atoms with van der Waals surface area (Å²) in [5, 5.41) is 11.2. The molecule has 0 radical (unpaired) electrons. The first-order valence-electron chi connectivity index (χ1n) is 14.3. The number of fused-ring (bicyclic) bond motifs is 1. The van der Waals surface area contributed by atoms with E-state index in [0.29, 0.717) is 35.5 Å². The van der Waals surface area contributed by atoms with Crippen molar-refractivity contribution in [2.24, 2.45) is 0 Å². The number of hydrogen-bond donors (Lipinski definition) is 1. The van der Waals surface area contributed by atoms with Gasteiger partial charge in [0.25, 0.3) is 5.91 Å². The van der Waals surface area contributed by atoms with Gasteiger partial charge in [0.05, 0.1) is 18.7 Å². The fraction of sp³-hybridized carbons (Fsp3) is 0.212. The normalized spacial score (nSPS) is 13.9. The van der Waals surface area contributed by atoms with Crippen LogP contribution in [0.2, 0.25) is 0 Å². The lowest BCUT2D eigenvalue weighted by molar-refractivity contribution is -0.140. The van der Waals surface area contributed by atoms with Gasteiger partial charge in [0.1, 0.15) is 29.7 Å². The molecular weight excluding hydrogens is 566 g/mol. The SMILES string of the molecule is O=C(Nc1ccc(N2CCOCC2)cc1)[C@H](c1cccc(F)c1)N(Cc1ccc(F)cc1)C(=O)Cn1nnc2ccccc21. The van der Waals surface area contributed by atoms with Gasteiger partial charge in [0.15, 0.2) is 0 Å². The number of carbonyl (C=O) groups is 2. The number of rotatable bonds is 9. The number of nitrogens with zero attached hydrogens (tertiary/aromatic N) is 5. The fourth-order valence-electron chi connectivity index (χ4n) is 5.30. The molecule has 0 saturated carbocycles. The number of para-hydroxylation sites is 1. The van der Waals surface area contributed by atoms with E-state index < -0.39 is 29.5 Å². The summed E-state index contributed by atoms with van der Waals surface area (Å²) < 4.78 is 35.2. The van der Waals surface area contributed by atoms with Gasteiger partial charge in [-0.15, -0.1) is 5.10 Å². The first-order chi connectivity index (χ1) is 21.4. The van der Waals surface area contributed by atoms with Crippen molar-refractivity contribution in [1.82, 2.24) is 19.9 Å². The summed E-state index contributed by atoms with van der Waals surface area (Å²) in [6.45, 7) is 2.57. The third kappa shape index (κ3) is 6.57. The minimum absolute atomic E-state index is 0.0453. The zero-order chi connectivity index (χ0) is 30.5. The first-order valence-corrected chi connectivity index (χ1v) is 14.3. The highest BCUT2D eigenvalue weighted by atomic mass is 19.1. The maximum Gasteiger partial charge on any atom is 0.251 e. The van der Waals surface area contributed by atoms with E-state index in [1.165, 1.54) is 39.9 Å². The van der Waals surface area contributed by atoms with E-state index in [-0.39, 0.29) is 18.7 Å². The van der Waals surface area contributed by atoms with Crippen LogP contribution in [0.3, 0.4) is 0 Å². The molecule has 1 aliphatic heterocycles. The lowest BCUT2D eigenvalue weighted by Crippen LogP contribution is -2.42. The number of ether oxygens (including phenoxy) is 1. The Morgan fingerprint density at radius 3 is 2.39 bits per heavy atom. The van der Waals surface area contributed by atoms with Gasteiger partial charge in [0, 0.05) is 31.0 Å². The summed E-state index contributed by atoms with van der Waals surface area (Å²) in [5.41, 5.74) is 3.66. The molecule has 1 fully saturated rings. The largest absolute Gasteiger partial charge is 0.378 e. The highest BCUT2D eigenvalue weighted by molar-refractivity contribution is 5.98. The molecule has 1 aromatic heterocycles.